The normalized spacial score (nSPS) is 17.3. The summed E-state index contributed by atoms with van der Waals surface area (Å²) in [5, 5.41) is 6.84. The molecular weight excluding hydrogens is 200 g/mol. The van der Waals surface area contributed by atoms with Crippen LogP contribution in [-0.4, -0.2) is 15.2 Å². The molecule has 1 saturated carbocycles. The third kappa shape index (κ3) is 1.30. The third-order valence-electron chi connectivity index (χ3n) is 3.31. The van der Waals surface area contributed by atoms with Gasteiger partial charge in [-0.3, -0.25) is 5.10 Å². The van der Waals surface area contributed by atoms with E-state index in [1.807, 2.05) is 0 Å². The molecule has 0 aliphatic heterocycles. The average molecular weight is 214 g/mol. The van der Waals surface area contributed by atoms with Crippen LogP contribution >= 0.6 is 0 Å². The first-order valence-electron chi connectivity index (χ1n) is 5.46. The molecule has 1 aromatic carbocycles. The van der Waals surface area contributed by atoms with Crippen LogP contribution in [0.5, 0.6) is 0 Å². The largest absolute Gasteiger partial charge is 0.367 e. The number of rotatable bonds is 2. The number of H-pyrrole nitrogens is 1. The second-order valence-electron chi connectivity index (χ2n) is 4.49. The number of hydrogen-bond acceptors (Lipinski definition) is 3. The summed E-state index contributed by atoms with van der Waals surface area (Å²) in [5.41, 5.74) is 8.17. The number of aryl methyl sites for hydroxylation is 1. The molecule has 2 aromatic rings. The number of aromatic amines is 1. The standard InChI is InChI=1S/C12H14N4/c1-8-2-4-9(5-3-8)12(6-7-12)10-14-11(13)16-15-10/h2-5H,6-7H2,1H3,(H3,13,14,15,16). The topological polar surface area (TPSA) is 67.6 Å². The van der Waals surface area contributed by atoms with Gasteiger partial charge >= 0.3 is 0 Å². The van der Waals surface area contributed by atoms with E-state index < -0.39 is 0 Å². The lowest BCUT2D eigenvalue weighted by atomic mass is 9.94. The lowest BCUT2D eigenvalue weighted by Gasteiger charge is -2.12. The molecule has 0 bridgehead atoms. The summed E-state index contributed by atoms with van der Waals surface area (Å²) in [6.07, 6.45) is 2.23. The summed E-state index contributed by atoms with van der Waals surface area (Å²) >= 11 is 0. The molecule has 1 fully saturated rings. The van der Waals surface area contributed by atoms with Crippen LogP contribution in [0.25, 0.3) is 0 Å². The Labute approximate surface area is 93.9 Å². The maximum atomic E-state index is 5.55. The molecule has 0 saturated heterocycles. The molecule has 3 N–H and O–H groups in total. The highest BCUT2D eigenvalue weighted by molar-refractivity contribution is 5.41. The maximum Gasteiger partial charge on any atom is 0.239 e. The molecule has 0 atom stereocenters. The maximum absolute atomic E-state index is 5.55. The SMILES string of the molecule is Cc1ccc(C2(c3nc(N)n[nH]3)CC2)cc1. The molecule has 1 aliphatic rings. The molecule has 16 heavy (non-hydrogen) atoms. The molecule has 0 spiro atoms. The quantitative estimate of drug-likeness (QED) is 0.800. The summed E-state index contributed by atoms with van der Waals surface area (Å²) in [6, 6.07) is 8.60. The highest BCUT2D eigenvalue weighted by atomic mass is 15.3. The van der Waals surface area contributed by atoms with Gasteiger partial charge in [-0.1, -0.05) is 29.8 Å². The van der Waals surface area contributed by atoms with E-state index in [4.69, 9.17) is 5.73 Å². The van der Waals surface area contributed by atoms with Gasteiger partial charge in [0.1, 0.15) is 5.82 Å². The summed E-state index contributed by atoms with van der Waals surface area (Å²) < 4.78 is 0. The zero-order valence-corrected chi connectivity index (χ0v) is 9.20. The molecule has 1 heterocycles. The molecular formula is C12H14N4. The Kier molecular flexibility index (Phi) is 1.80. The zero-order valence-electron chi connectivity index (χ0n) is 9.20. The number of nitrogens with two attached hydrogens (primary N) is 1. The highest BCUT2D eigenvalue weighted by Crippen LogP contribution is 2.52. The minimum atomic E-state index is 0.0400. The lowest BCUT2D eigenvalue weighted by Crippen LogP contribution is -2.11. The van der Waals surface area contributed by atoms with E-state index in [1.54, 1.807) is 0 Å². The van der Waals surface area contributed by atoms with E-state index in [0.29, 0.717) is 5.95 Å². The van der Waals surface area contributed by atoms with Crippen LogP contribution in [0, 0.1) is 6.92 Å². The van der Waals surface area contributed by atoms with E-state index >= 15 is 0 Å². The van der Waals surface area contributed by atoms with Crippen LogP contribution in [0.15, 0.2) is 24.3 Å². The minimum Gasteiger partial charge on any atom is -0.367 e. The first-order valence-corrected chi connectivity index (χ1v) is 5.46. The average Bonchev–Trinajstić information content (AvgIpc) is 2.97. The molecule has 0 amide bonds. The Bertz CT molecular complexity index is 508. The number of benzene rings is 1. The van der Waals surface area contributed by atoms with Gasteiger partial charge < -0.3 is 5.73 Å². The lowest BCUT2D eigenvalue weighted by molar-refractivity contribution is 0.761. The van der Waals surface area contributed by atoms with Crippen LogP contribution in [0.1, 0.15) is 29.8 Å². The van der Waals surface area contributed by atoms with Crippen molar-refractivity contribution in [2.75, 3.05) is 5.73 Å². The van der Waals surface area contributed by atoms with Gasteiger partial charge in [0.2, 0.25) is 5.95 Å². The van der Waals surface area contributed by atoms with Gasteiger partial charge in [-0.25, -0.2) is 0 Å². The third-order valence-corrected chi connectivity index (χ3v) is 3.31. The van der Waals surface area contributed by atoms with Crippen molar-refractivity contribution in [1.82, 2.24) is 15.2 Å². The van der Waals surface area contributed by atoms with Crippen molar-refractivity contribution in [3.8, 4) is 0 Å². The Morgan fingerprint density at radius 1 is 1.25 bits per heavy atom. The summed E-state index contributed by atoms with van der Waals surface area (Å²) in [6.45, 7) is 2.09. The first-order chi connectivity index (χ1) is 7.71. The van der Waals surface area contributed by atoms with Gasteiger partial charge in [0.05, 0.1) is 5.41 Å². The van der Waals surface area contributed by atoms with Crippen molar-refractivity contribution in [3.05, 3.63) is 41.2 Å². The predicted molar refractivity (Wildman–Crippen MR) is 62.0 cm³/mol. The number of anilines is 1. The van der Waals surface area contributed by atoms with Crippen LogP contribution in [0.4, 0.5) is 5.95 Å². The van der Waals surface area contributed by atoms with Crippen LogP contribution in [-0.2, 0) is 5.41 Å². The van der Waals surface area contributed by atoms with E-state index in [9.17, 15) is 0 Å². The number of nitrogen functional groups attached to an aromatic ring is 1. The molecule has 0 radical (unpaired) electrons. The summed E-state index contributed by atoms with van der Waals surface area (Å²) in [5.74, 6) is 1.22. The van der Waals surface area contributed by atoms with E-state index in [1.165, 1.54) is 11.1 Å². The van der Waals surface area contributed by atoms with Crippen molar-refractivity contribution in [3.63, 3.8) is 0 Å². The molecule has 0 unspecified atom stereocenters. The Morgan fingerprint density at radius 2 is 1.94 bits per heavy atom. The Hall–Kier alpha value is -1.84. The molecule has 1 aliphatic carbocycles. The van der Waals surface area contributed by atoms with Gasteiger partial charge in [-0.2, -0.15) is 4.98 Å². The van der Waals surface area contributed by atoms with Gasteiger partial charge in [0.25, 0.3) is 0 Å². The number of nitrogens with one attached hydrogen (secondary N) is 1. The van der Waals surface area contributed by atoms with E-state index in [2.05, 4.69) is 46.4 Å². The zero-order chi connectivity index (χ0) is 11.2. The number of aromatic nitrogens is 3. The van der Waals surface area contributed by atoms with E-state index in [-0.39, 0.29) is 5.41 Å². The van der Waals surface area contributed by atoms with Crippen LogP contribution < -0.4 is 5.73 Å². The van der Waals surface area contributed by atoms with Crippen molar-refractivity contribution in [2.45, 2.75) is 25.2 Å². The fourth-order valence-corrected chi connectivity index (χ4v) is 2.15. The first kappa shape index (κ1) is 9.39. The van der Waals surface area contributed by atoms with Crippen molar-refractivity contribution < 1.29 is 0 Å². The van der Waals surface area contributed by atoms with Gasteiger partial charge in [-0.05, 0) is 25.3 Å². The molecule has 1 aromatic heterocycles. The molecule has 3 rings (SSSR count). The monoisotopic (exact) mass is 214 g/mol. The fraction of sp³-hybridized carbons (Fsp3) is 0.333. The molecule has 4 nitrogen and oxygen atoms in total. The Morgan fingerprint density at radius 3 is 2.44 bits per heavy atom. The number of nitrogens with zero attached hydrogens (tertiary/aromatic N) is 2. The summed E-state index contributed by atoms with van der Waals surface area (Å²) in [7, 11) is 0. The smallest absolute Gasteiger partial charge is 0.239 e. The van der Waals surface area contributed by atoms with Gasteiger partial charge in [0, 0.05) is 0 Å². The minimum absolute atomic E-state index is 0.0400. The van der Waals surface area contributed by atoms with E-state index in [0.717, 1.165) is 18.7 Å². The van der Waals surface area contributed by atoms with Crippen molar-refractivity contribution in [1.29, 1.82) is 0 Å². The van der Waals surface area contributed by atoms with Gasteiger partial charge in [-0.15, -0.1) is 5.10 Å². The molecule has 82 valence electrons. The van der Waals surface area contributed by atoms with Crippen LogP contribution in [0.2, 0.25) is 0 Å². The number of hydrogen-bond donors (Lipinski definition) is 2. The Balaban J connectivity index is 2.03. The van der Waals surface area contributed by atoms with Crippen molar-refractivity contribution >= 4 is 5.95 Å². The highest BCUT2D eigenvalue weighted by Gasteiger charge is 2.48. The van der Waals surface area contributed by atoms with Crippen LogP contribution in [0.3, 0.4) is 0 Å². The second kappa shape index (κ2) is 3.07. The fourth-order valence-electron chi connectivity index (χ4n) is 2.15. The molecule has 4 heteroatoms. The summed E-state index contributed by atoms with van der Waals surface area (Å²) in [4.78, 5) is 4.25. The second-order valence-corrected chi connectivity index (χ2v) is 4.49. The van der Waals surface area contributed by atoms with Crippen molar-refractivity contribution in [2.24, 2.45) is 0 Å². The van der Waals surface area contributed by atoms with Gasteiger partial charge in [0.15, 0.2) is 0 Å². The predicted octanol–water partition coefficient (Wildman–Crippen LogP) is 1.78.